The predicted octanol–water partition coefficient (Wildman–Crippen LogP) is 5.20. The summed E-state index contributed by atoms with van der Waals surface area (Å²) in [6, 6.07) is 18.9. The molecule has 0 spiro atoms. The summed E-state index contributed by atoms with van der Waals surface area (Å²) in [5.41, 5.74) is 9.54. The maximum absolute atomic E-state index is 14.1. The van der Waals surface area contributed by atoms with E-state index < -0.39 is 21.6 Å². The number of rotatable bonds is 6. The summed E-state index contributed by atoms with van der Waals surface area (Å²) in [4.78, 5) is 23.9. The number of ketones is 1. The molecule has 2 aliphatic rings. The minimum atomic E-state index is -4.18. The molecule has 0 atom stereocenters. The average molecular weight is 554 g/mol. The van der Waals surface area contributed by atoms with Gasteiger partial charge in [-0.1, -0.05) is 24.3 Å². The number of carbonyl (C=O) groups excluding carboxylic acids is 1. The van der Waals surface area contributed by atoms with Crippen molar-refractivity contribution in [3.05, 3.63) is 114 Å². The van der Waals surface area contributed by atoms with Crippen LogP contribution in [0.15, 0.2) is 101 Å². The fourth-order valence-electron chi connectivity index (χ4n) is 5.16. The highest BCUT2D eigenvalue weighted by Gasteiger charge is 2.30. The van der Waals surface area contributed by atoms with E-state index in [2.05, 4.69) is 4.98 Å². The topological polar surface area (TPSA) is 114 Å². The van der Waals surface area contributed by atoms with Crippen molar-refractivity contribution in [2.24, 2.45) is 5.73 Å². The van der Waals surface area contributed by atoms with E-state index in [1.807, 2.05) is 23.1 Å². The number of benzene rings is 3. The van der Waals surface area contributed by atoms with Crippen molar-refractivity contribution in [1.29, 1.82) is 0 Å². The molecular weight excluding hydrogens is 529 g/mol. The molecule has 200 valence electrons. The van der Waals surface area contributed by atoms with Crippen LogP contribution < -0.4 is 10.6 Å². The maximum atomic E-state index is 14.1. The van der Waals surface area contributed by atoms with Crippen LogP contribution in [0.4, 0.5) is 10.1 Å². The Morgan fingerprint density at radius 2 is 1.82 bits per heavy atom. The zero-order valence-corrected chi connectivity index (χ0v) is 22.0. The number of fused-ring (bicyclic) bond motifs is 2. The summed E-state index contributed by atoms with van der Waals surface area (Å²) in [6.45, 7) is 0.341. The number of allylic oxidation sites excluding steroid dienone is 1. The van der Waals surface area contributed by atoms with Crippen molar-refractivity contribution in [3.8, 4) is 0 Å². The molecule has 5 aromatic rings. The molecule has 8 nitrogen and oxygen atoms in total. The number of nitrogens with zero attached hydrogens (tertiary/aromatic N) is 3. The van der Waals surface area contributed by atoms with Gasteiger partial charge in [-0.15, -0.1) is 0 Å². The molecule has 0 bridgehead atoms. The predicted molar refractivity (Wildman–Crippen MR) is 151 cm³/mol. The minimum absolute atomic E-state index is 0.0109. The Morgan fingerprint density at radius 3 is 2.58 bits per heavy atom. The summed E-state index contributed by atoms with van der Waals surface area (Å²) >= 11 is 0. The minimum Gasteiger partial charge on any atom is -0.397 e. The van der Waals surface area contributed by atoms with Gasteiger partial charge in [0.15, 0.2) is 0 Å². The molecule has 2 aromatic heterocycles. The summed E-state index contributed by atoms with van der Waals surface area (Å²) < 4.78 is 42.5. The Kier molecular flexibility index (Phi) is 5.43. The fourth-order valence-corrected chi connectivity index (χ4v) is 6.69. The summed E-state index contributed by atoms with van der Waals surface area (Å²) in [5, 5.41) is 0.293. The summed E-state index contributed by atoms with van der Waals surface area (Å²) in [5.74, 6) is 0.414. The number of Topliss-reactive ketones (excluding diaryl/α,β-unsaturated/α-hetero) is 1. The zero-order chi connectivity index (χ0) is 27.6. The number of halogens is 1. The summed E-state index contributed by atoms with van der Waals surface area (Å²) in [6.07, 6.45) is 5.65. The molecule has 3 heterocycles. The summed E-state index contributed by atoms with van der Waals surface area (Å²) in [7, 11) is -4.18. The normalized spacial score (nSPS) is 15.9. The van der Waals surface area contributed by atoms with E-state index in [0.717, 1.165) is 39.4 Å². The molecule has 7 rings (SSSR count). The molecule has 1 aliphatic heterocycles. The number of H-pyrrole nitrogens is 1. The van der Waals surface area contributed by atoms with Crippen LogP contribution in [0.5, 0.6) is 0 Å². The first-order chi connectivity index (χ1) is 19.3. The van der Waals surface area contributed by atoms with Gasteiger partial charge in [0.2, 0.25) is 5.78 Å². The van der Waals surface area contributed by atoms with Crippen LogP contribution in [-0.4, -0.2) is 34.7 Å². The van der Waals surface area contributed by atoms with Crippen molar-refractivity contribution < 1.29 is 17.6 Å². The van der Waals surface area contributed by atoms with Gasteiger partial charge in [-0.3, -0.25) is 4.79 Å². The van der Waals surface area contributed by atoms with Crippen molar-refractivity contribution >= 4 is 43.4 Å². The number of aromatic nitrogens is 3. The molecule has 0 unspecified atom stereocenters. The van der Waals surface area contributed by atoms with E-state index in [4.69, 9.17) is 10.7 Å². The highest BCUT2D eigenvalue weighted by Crippen LogP contribution is 2.39. The first-order valence-corrected chi connectivity index (χ1v) is 14.3. The quantitative estimate of drug-likeness (QED) is 0.280. The van der Waals surface area contributed by atoms with E-state index in [1.165, 1.54) is 36.4 Å². The number of hydrogen-bond acceptors (Lipinski definition) is 6. The first kappa shape index (κ1) is 24.3. The molecule has 0 saturated heterocycles. The highest BCUT2D eigenvalue weighted by molar-refractivity contribution is 7.90. The number of carbonyl (C=O) groups is 1. The lowest BCUT2D eigenvalue weighted by molar-refractivity contribution is 0.103. The van der Waals surface area contributed by atoms with Crippen molar-refractivity contribution in [2.75, 3.05) is 11.4 Å². The van der Waals surface area contributed by atoms with Gasteiger partial charge in [-0.25, -0.2) is 21.8 Å². The lowest BCUT2D eigenvalue weighted by Gasteiger charge is -2.25. The Bertz CT molecular complexity index is 2000. The lowest BCUT2D eigenvalue weighted by Crippen LogP contribution is -2.27. The Morgan fingerprint density at radius 1 is 1.02 bits per heavy atom. The smallest absolute Gasteiger partial charge is 0.268 e. The third-order valence-corrected chi connectivity index (χ3v) is 9.10. The fraction of sp³-hybridized carbons (Fsp3) is 0.133. The van der Waals surface area contributed by atoms with Gasteiger partial charge in [-0.05, 0) is 67.4 Å². The number of imidazole rings is 1. The second kappa shape index (κ2) is 8.92. The molecule has 40 heavy (non-hydrogen) atoms. The van der Waals surface area contributed by atoms with E-state index in [-0.39, 0.29) is 27.4 Å². The largest absolute Gasteiger partial charge is 0.397 e. The van der Waals surface area contributed by atoms with E-state index >= 15 is 0 Å². The van der Waals surface area contributed by atoms with E-state index in [1.54, 1.807) is 30.5 Å². The molecule has 1 fully saturated rings. The monoisotopic (exact) mass is 553 g/mol. The van der Waals surface area contributed by atoms with Gasteiger partial charge in [0, 0.05) is 35.3 Å². The van der Waals surface area contributed by atoms with Crippen LogP contribution >= 0.6 is 0 Å². The van der Waals surface area contributed by atoms with Crippen LogP contribution in [0.25, 0.3) is 21.9 Å². The first-order valence-electron chi connectivity index (χ1n) is 12.9. The van der Waals surface area contributed by atoms with Crippen molar-refractivity contribution in [1.82, 2.24) is 13.9 Å². The Balaban J connectivity index is 1.25. The molecule has 3 aromatic carbocycles. The Hall–Kier alpha value is -4.70. The molecule has 1 aliphatic carbocycles. The van der Waals surface area contributed by atoms with E-state index in [9.17, 15) is 17.6 Å². The second-order valence-corrected chi connectivity index (χ2v) is 11.9. The second-order valence-electron chi connectivity index (χ2n) is 10.1. The number of aromatic amines is 1. The van der Waals surface area contributed by atoms with E-state index in [0.29, 0.717) is 17.8 Å². The van der Waals surface area contributed by atoms with Crippen LogP contribution in [0.1, 0.15) is 35.1 Å². The van der Waals surface area contributed by atoms with Gasteiger partial charge >= 0.3 is 0 Å². The van der Waals surface area contributed by atoms with Gasteiger partial charge in [0.05, 0.1) is 27.1 Å². The van der Waals surface area contributed by atoms with Crippen LogP contribution in [-0.2, 0) is 10.0 Å². The highest BCUT2D eigenvalue weighted by atomic mass is 32.2. The number of nitrogens with one attached hydrogen (secondary N) is 1. The molecular formula is C30H24FN5O3S. The standard InChI is InChI=1S/C30H24FN5O3S/c31-20-8-11-27-19(14-20)15-28(36(27)40(38,39)22-4-2-1-3-5-22)29(37)23-12-13-35(17-24(23)32)21-9-10-25-26(16-21)34-30(33-25)18-6-7-18/h1-5,8-12,14-18H,6-7,13,32H2,(H,33,34). The molecule has 3 N–H and O–H groups in total. The van der Waals surface area contributed by atoms with Gasteiger partial charge < -0.3 is 15.6 Å². The van der Waals surface area contributed by atoms with Crippen molar-refractivity contribution in [2.45, 2.75) is 23.7 Å². The third-order valence-electron chi connectivity index (χ3n) is 7.36. The van der Waals surface area contributed by atoms with Gasteiger partial charge in [-0.2, -0.15) is 0 Å². The van der Waals surface area contributed by atoms with Gasteiger partial charge in [0.25, 0.3) is 10.0 Å². The third kappa shape index (κ3) is 3.99. The SMILES string of the molecule is NC1=CN(c2ccc3[nH]c(C4CC4)nc3c2)CC=C1C(=O)c1cc2cc(F)ccc2n1S(=O)(=O)c1ccccc1. The molecule has 0 radical (unpaired) electrons. The van der Waals surface area contributed by atoms with Crippen LogP contribution in [0.3, 0.4) is 0 Å². The number of hydrogen-bond donors (Lipinski definition) is 2. The van der Waals surface area contributed by atoms with Crippen LogP contribution in [0.2, 0.25) is 0 Å². The van der Waals surface area contributed by atoms with Crippen LogP contribution in [0, 0.1) is 5.82 Å². The van der Waals surface area contributed by atoms with Crippen molar-refractivity contribution in [3.63, 3.8) is 0 Å². The zero-order valence-electron chi connectivity index (χ0n) is 21.2. The number of anilines is 1. The van der Waals surface area contributed by atoms with Gasteiger partial charge in [0.1, 0.15) is 17.3 Å². The molecule has 10 heteroatoms. The average Bonchev–Trinajstić information content (AvgIpc) is 3.60. The maximum Gasteiger partial charge on any atom is 0.268 e. The molecule has 1 saturated carbocycles. The molecule has 0 amide bonds. The number of nitrogens with two attached hydrogens (primary N) is 1. The lowest BCUT2D eigenvalue weighted by atomic mass is 10.0. The Labute approximate surface area is 229 Å².